The zero-order valence-electron chi connectivity index (χ0n) is 24.8. The molecule has 1 aliphatic rings. The van der Waals surface area contributed by atoms with E-state index in [4.69, 9.17) is 0 Å². The number of para-hydroxylation sites is 3. The highest BCUT2D eigenvalue weighted by Crippen LogP contribution is 2.45. The highest BCUT2D eigenvalue weighted by atomic mass is 32.2. The molecule has 0 bridgehead atoms. The molecule has 5 rings (SSSR count). The maximum absolute atomic E-state index is 2.64. The third kappa shape index (κ3) is 6.06. The van der Waals surface area contributed by atoms with Crippen molar-refractivity contribution in [3.05, 3.63) is 95.5 Å². The number of hydrogen-bond donors (Lipinski definition) is 0. The van der Waals surface area contributed by atoms with E-state index in [0.29, 0.717) is 0 Å². The quantitative estimate of drug-likeness (QED) is 0.139. The number of rotatable bonds is 11. The number of aromatic nitrogens is 1. The second-order valence-corrected chi connectivity index (χ2v) is 12.5. The summed E-state index contributed by atoms with van der Waals surface area (Å²) in [7, 11) is 6.87. The van der Waals surface area contributed by atoms with E-state index in [0.717, 1.165) is 30.5 Å². The first kappa shape index (κ1) is 28.3. The normalized spacial score (nSPS) is 14.2. The van der Waals surface area contributed by atoms with Gasteiger partial charge in [0.25, 0.3) is 5.82 Å². The standard InChI is InChI=1S/C35H44N4S/c1-6-8-23-37(24-16-25-39(4,5)7-2)34-26-28(27-35-36(3)32-21-14-15-22-33(32)40-35)30-19-12-13-20-31(30)38(34)29-17-10-9-11-18-29/h9-15,17-22,26-27H,6-8,16,23-25H2,1-5H3/q+2. The van der Waals surface area contributed by atoms with E-state index in [1.165, 1.54) is 63.0 Å². The molecule has 0 radical (unpaired) electrons. The average molecular weight is 553 g/mol. The van der Waals surface area contributed by atoms with Crippen molar-refractivity contribution in [3.63, 3.8) is 0 Å². The van der Waals surface area contributed by atoms with Gasteiger partial charge in [-0.2, -0.15) is 4.57 Å². The molecule has 0 atom stereocenters. The summed E-state index contributed by atoms with van der Waals surface area (Å²) in [5.41, 5.74) is 5.00. The van der Waals surface area contributed by atoms with E-state index in [9.17, 15) is 0 Å². The lowest BCUT2D eigenvalue weighted by Crippen LogP contribution is -2.44. The monoisotopic (exact) mass is 552 g/mol. The second kappa shape index (κ2) is 12.5. The molecule has 0 aliphatic carbocycles. The Morgan fingerprint density at radius 3 is 2.33 bits per heavy atom. The number of pyridine rings is 1. The van der Waals surface area contributed by atoms with Gasteiger partial charge in [0.05, 0.1) is 51.0 Å². The smallest absolute Gasteiger partial charge is 0.282 e. The summed E-state index contributed by atoms with van der Waals surface area (Å²) in [6.45, 7) is 9.01. The first-order valence-corrected chi connectivity index (χ1v) is 15.6. The molecule has 0 fully saturated rings. The molecule has 0 amide bonds. The number of benzene rings is 3. The van der Waals surface area contributed by atoms with Gasteiger partial charge < -0.3 is 9.38 Å². The Bertz CT molecular complexity index is 1480. The number of nitrogens with zero attached hydrogens (tertiary/aromatic N) is 4. The molecular weight excluding hydrogens is 508 g/mol. The van der Waals surface area contributed by atoms with Gasteiger partial charge >= 0.3 is 0 Å². The average Bonchev–Trinajstić information content (AvgIpc) is 3.30. The number of fused-ring (bicyclic) bond motifs is 2. The molecule has 0 saturated carbocycles. The molecule has 4 aromatic rings. The van der Waals surface area contributed by atoms with Gasteiger partial charge in [-0.05, 0) is 55.3 Å². The Morgan fingerprint density at radius 1 is 0.875 bits per heavy atom. The third-order valence-corrected chi connectivity index (χ3v) is 9.35. The second-order valence-electron chi connectivity index (χ2n) is 11.4. The summed E-state index contributed by atoms with van der Waals surface area (Å²) in [6.07, 6.45) is 5.91. The molecule has 2 heterocycles. The van der Waals surface area contributed by atoms with Crippen LogP contribution in [0.4, 0.5) is 11.5 Å². The van der Waals surface area contributed by atoms with Gasteiger partial charge in [-0.15, -0.1) is 0 Å². The first-order chi connectivity index (χ1) is 19.4. The minimum Gasteiger partial charge on any atom is -0.338 e. The summed E-state index contributed by atoms with van der Waals surface area (Å²) in [6, 6.07) is 30.9. The number of unbranched alkanes of at least 4 members (excludes halogenated alkanes) is 1. The van der Waals surface area contributed by atoms with Crippen LogP contribution in [-0.2, 0) is 0 Å². The molecule has 0 unspecified atom stereocenters. The van der Waals surface area contributed by atoms with Crippen molar-refractivity contribution >= 4 is 40.2 Å². The van der Waals surface area contributed by atoms with E-state index in [2.05, 4.69) is 140 Å². The highest BCUT2D eigenvalue weighted by molar-refractivity contribution is 8.03. The van der Waals surface area contributed by atoms with Gasteiger partial charge in [-0.1, -0.05) is 73.6 Å². The van der Waals surface area contributed by atoms with Crippen LogP contribution in [0.2, 0.25) is 0 Å². The highest BCUT2D eigenvalue weighted by Gasteiger charge is 2.27. The Balaban J connectivity index is 1.66. The minimum atomic E-state index is 1.04. The Kier molecular flexibility index (Phi) is 8.82. The Hall–Kier alpha value is -3.28. The number of hydrogen-bond acceptors (Lipinski definition) is 3. The van der Waals surface area contributed by atoms with Gasteiger partial charge in [0.15, 0.2) is 0 Å². The van der Waals surface area contributed by atoms with Crippen LogP contribution in [-0.4, -0.2) is 51.8 Å². The maximum atomic E-state index is 2.64. The number of quaternary nitrogens is 1. The van der Waals surface area contributed by atoms with Crippen LogP contribution >= 0.6 is 11.8 Å². The van der Waals surface area contributed by atoms with E-state index in [-0.39, 0.29) is 0 Å². The van der Waals surface area contributed by atoms with Crippen LogP contribution in [0.5, 0.6) is 0 Å². The zero-order valence-corrected chi connectivity index (χ0v) is 25.6. The first-order valence-electron chi connectivity index (χ1n) is 14.7. The molecular formula is C35H44N4S+2. The van der Waals surface area contributed by atoms with Crippen molar-refractivity contribution in [3.8, 4) is 5.69 Å². The summed E-state index contributed by atoms with van der Waals surface area (Å²) < 4.78 is 3.53. The number of thioether (sulfide) groups is 1. The van der Waals surface area contributed by atoms with Crippen LogP contribution in [0.1, 0.15) is 38.7 Å². The van der Waals surface area contributed by atoms with Gasteiger partial charge in [-0.3, -0.25) is 4.90 Å². The van der Waals surface area contributed by atoms with Gasteiger partial charge in [-0.25, -0.2) is 0 Å². The largest absolute Gasteiger partial charge is 0.338 e. The molecule has 0 saturated heterocycles. The number of anilines is 2. The molecule has 3 aromatic carbocycles. The van der Waals surface area contributed by atoms with Crippen molar-refractivity contribution in [1.29, 1.82) is 0 Å². The van der Waals surface area contributed by atoms with Gasteiger partial charge in [0.1, 0.15) is 11.2 Å². The molecule has 1 aromatic heterocycles. The SMILES string of the molecule is CCCCN(CCC[N+](C)(C)CC)c1cc(C=C2Sc3ccccc3N2C)c2ccccc2[n+]1-c1ccccc1. The lowest BCUT2D eigenvalue weighted by molar-refractivity contribution is -0.888. The van der Waals surface area contributed by atoms with Crippen LogP contribution in [0, 0.1) is 0 Å². The lowest BCUT2D eigenvalue weighted by atomic mass is 10.1. The Morgan fingerprint density at radius 2 is 1.57 bits per heavy atom. The van der Waals surface area contributed by atoms with Crippen molar-refractivity contribution < 1.29 is 9.05 Å². The van der Waals surface area contributed by atoms with E-state index < -0.39 is 0 Å². The third-order valence-electron chi connectivity index (χ3n) is 8.19. The molecule has 0 N–H and O–H groups in total. The Labute approximate surface area is 245 Å². The van der Waals surface area contributed by atoms with Crippen molar-refractivity contribution in [2.24, 2.45) is 0 Å². The topological polar surface area (TPSA) is 10.4 Å². The summed E-state index contributed by atoms with van der Waals surface area (Å²) in [5.74, 6) is 1.27. The minimum absolute atomic E-state index is 1.04. The van der Waals surface area contributed by atoms with Crippen molar-refractivity contribution in [1.82, 2.24) is 0 Å². The van der Waals surface area contributed by atoms with Crippen LogP contribution in [0.15, 0.2) is 94.9 Å². The van der Waals surface area contributed by atoms with Gasteiger partial charge in [0, 0.05) is 29.8 Å². The predicted octanol–water partition coefficient (Wildman–Crippen LogP) is 7.75. The summed E-state index contributed by atoms with van der Waals surface area (Å²) in [4.78, 5) is 6.28. The molecule has 0 spiro atoms. The van der Waals surface area contributed by atoms with Crippen LogP contribution in [0.3, 0.4) is 0 Å². The maximum Gasteiger partial charge on any atom is 0.282 e. The fourth-order valence-corrected chi connectivity index (χ4v) is 6.54. The fraction of sp³-hybridized carbons (Fsp3) is 0.343. The predicted molar refractivity (Wildman–Crippen MR) is 173 cm³/mol. The van der Waals surface area contributed by atoms with E-state index in [1.807, 2.05) is 11.8 Å². The molecule has 1 aliphatic heterocycles. The summed E-state index contributed by atoms with van der Waals surface area (Å²) in [5, 5.41) is 2.53. The lowest BCUT2D eigenvalue weighted by Gasteiger charge is -2.29. The molecule has 4 nitrogen and oxygen atoms in total. The summed E-state index contributed by atoms with van der Waals surface area (Å²) >= 11 is 1.86. The zero-order chi connectivity index (χ0) is 28.1. The van der Waals surface area contributed by atoms with E-state index >= 15 is 0 Å². The molecule has 40 heavy (non-hydrogen) atoms. The van der Waals surface area contributed by atoms with Crippen molar-refractivity contribution in [2.45, 2.75) is 38.0 Å². The molecule has 5 heteroatoms. The van der Waals surface area contributed by atoms with E-state index in [1.54, 1.807) is 0 Å². The van der Waals surface area contributed by atoms with Crippen LogP contribution < -0.4 is 14.4 Å². The van der Waals surface area contributed by atoms with Gasteiger partial charge in [0.2, 0.25) is 0 Å². The van der Waals surface area contributed by atoms with Crippen molar-refractivity contribution in [2.75, 3.05) is 57.1 Å². The van der Waals surface area contributed by atoms with Crippen LogP contribution in [0.25, 0.3) is 22.7 Å². The molecule has 208 valence electrons. The fourth-order valence-electron chi connectivity index (χ4n) is 5.44.